The van der Waals surface area contributed by atoms with Gasteiger partial charge in [0.05, 0.1) is 12.1 Å². The number of rotatable bonds is 6. The van der Waals surface area contributed by atoms with Crippen LogP contribution in [0.5, 0.6) is 0 Å². The second kappa shape index (κ2) is 4.28. The van der Waals surface area contributed by atoms with Crippen LogP contribution < -0.4 is 11.1 Å². The Hall–Kier alpha value is -0.120. The van der Waals surface area contributed by atoms with Crippen LogP contribution in [0.1, 0.15) is 32.1 Å². The summed E-state index contributed by atoms with van der Waals surface area (Å²) in [5.74, 6) is 2.98. The molecule has 1 saturated heterocycles. The van der Waals surface area contributed by atoms with Gasteiger partial charge in [0.1, 0.15) is 0 Å². The van der Waals surface area contributed by atoms with Crippen molar-refractivity contribution in [2.45, 2.75) is 37.6 Å². The Morgan fingerprint density at radius 2 is 1.94 bits per heavy atom. The molecule has 1 aliphatic heterocycles. The molecule has 16 heavy (non-hydrogen) atoms. The van der Waals surface area contributed by atoms with E-state index in [0.29, 0.717) is 0 Å². The van der Waals surface area contributed by atoms with Gasteiger partial charge in [-0.05, 0) is 56.4 Å². The number of nitrogens with one attached hydrogen (secondary N) is 1. The molecule has 0 bridgehead atoms. The highest BCUT2D eigenvalue weighted by Crippen LogP contribution is 2.49. The second-order valence-corrected chi connectivity index (χ2v) is 6.01. The predicted molar refractivity (Wildman–Crippen MR) is 64.2 cm³/mol. The number of hydrogen-bond donors (Lipinski definition) is 2. The fourth-order valence-electron chi connectivity index (χ4n) is 3.08. The molecule has 3 heteroatoms. The van der Waals surface area contributed by atoms with Gasteiger partial charge in [-0.25, -0.2) is 0 Å². The van der Waals surface area contributed by atoms with Crippen molar-refractivity contribution in [3.05, 3.63) is 0 Å². The Labute approximate surface area is 98.1 Å². The second-order valence-electron chi connectivity index (χ2n) is 6.01. The molecule has 0 aromatic rings. The molecule has 0 aromatic carbocycles. The first-order valence-corrected chi connectivity index (χ1v) is 6.86. The molecule has 3 aliphatic rings. The van der Waals surface area contributed by atoms with E-state index in [9.17, 15) is 0 Å². The van der Waals surface area contributed by atoms with Gasteiger partial charge in [0.15, 0.2) is 0 Å². The highest BCUT2D eigenvalue weighted by molar-refractivity contribution is 4.97. The molecule has 3 rings (SSSR count). The van der Waals surface area contributed by atoms with E-state index in [1.807, 2.05) is 0 Å². The zero-order valence-electron chi connectivity index (χ0n) is 10.1. The Morgan fingerprint density at radius 1 is 1.25 bits per heavy atom. The van der Waals surface area contributed by atoms with E-state index in [1.165, 1.54) is 32.2 Å². The van der Waals surface area contributed by atoms with Crippen molar-refractivity contribution in [1.82, 2.24) is 5.32 Å². The molecule has 0 spiro atoms. The summed E-state index contributed by atoms with van der Waals surface area (Å²) in [6, 6.07) is 0. The summed E-state index contributed by atoms with van der Waals surface area (Å²) in [4.78, 5) is 0. The van der Waals surface area contributed by atoms with Crippen molar-refractivity contribution in [2.75, 3.05) is 26.3 Å². The SMILES string of the molecule is NCC1(NCC(C2CC2)C2CC2)CCOC1. The average molecular weight is 224 g/mol. The fraction of sp³-hybridized carbons (Fsp3) is 1.00. The molecule has 1 atom stereocenters. The first kappa shape index (κ1) is 11.0. The molecule has 3 fully saturated rings. The molecule has 0 radical (unpaired) electrons. The van der Waals surface area contributed by atoms with E-state index < -0.39 is 0 Å². The van der Waals surface area contributed by atoms with Gasteiger partial charge < -0.3 is 15.8 Å². The smallest absolute Gasteiger partial charge is 0.0661 e. The van der Waals surface area contributed by atoms with Crippen LogP contribution in [-0.2, 0) is 4.74 Å². The number of ether oxygens (including phenoxy) is 1. The molecule has 3 nitrogen and oxygen atoms in total. The van der Waals surface area contributed by atoms with Crippen molar-refractivity contribution >= 4 is 0 Å². The van der Waals surface area contributed by atoms with Gasteiger partial charge in [-0.15, -0.1) is 0 Å². The van der Waals surface area contributed by atoms with Crippen LogP contribution in [0.4, 0.5) is 0 Å². The highest BCUT2D eigenvalue weighted by Gasteiger charge is 2.42. The minimum Gasteiger partial charge on any atom is -0.379 e. The minimum atomic E-state index is 0.0992. The van der Waals surface area contributed by atoms with E-state index >= 15 is 0 Å². The third kappa shape index (κ3) is 2.27. The first-order chi connectivity index (χ1) is 7.83. The molecule has 2 saturated carbocycles. The molecular weight excluding hydrogens is 200 g/mol. The predicted octanol–water partition coefficient (Wildman–Crippen LogP) is 1.13. The highest BCUT2D eigenvalue weighted by atomic mass is 16.5. The van der Waals surface area contributed by atoms with Gasteiger partial charge >= 0.3 is 0 Å². The Kier molecular flexibility index (Phi) is 2.94. The maximum atomic E-state index is 5.90. The van der Waals surface area contributed by atoms with Crippen LogP contribution in [0.15, 0.2) is 0 Å². The maximum Gasteiger partial charge on any atom is 0.0661 e. The summed E-state index contributed by atoms with van der Waals surface area (Å²) < 4.78 is 5.49. The van der Waals surface area contributed by atoms with Gasteiger partial charge in [0, 0.05) is 13.2 Å². The Balaban J connectivity index is 1.53. The van der Waals surface area contributed by atoms with Crippen LogP contribution in [0.2, 0.25) is 0 Å². The normalized spacial score (nSPS) is 34.9. The largest absolute Gasteiger partial charge is 0.379 e. The Morgan fingerprint density at radius 3 is 2.38 bits per heavy atom. The molecule has 3 N–H and O–H groups in total. The van der Waals surface area contributed by atoms with Gasteiger partial charge in [-0.3, -0.25) is 0 Å². The number of hydrogen-bond acceptors (Lipinski definition) is 3. The molecular formula is C13H24N2O. The first-order valence-electron chi connectivity index (χ1n) is 6.86. The van der Waals surface area contributed by atoms with Gasteiger partial charge in [-0.2, -0.15) is 0 Å². The fourth-order valence-corrected chi connectivity index (χ4v) is 3.08. The topological polar surface area (TPSA) is 47.3 Å². The van der Waals surface area contributed by atoms with Gasteiger partial charge in [0.25, 0.3) is 0 Å². The van der Waals surface area contributed by atoms with Gasteiger partial charge in [0.2, 0.25) is 0 Å². The molecule has 1 unspecified atom stereocenters. The van der Waals surface area contributed by atoms with Crippen LogP contribution >= 0.6 is 0 Å². The van der Waals surface area contributed by atoms with Gasteiger partial charge in [-0.1, -0.05) is 0 Å². The quantitative estimate of drug-likeness (QED) is 0.711. The van der Waals surface area contributed by atoms with Crippen molar-refractivity contribution in [3.63, 3.8) is 0 Å². The van der Waals surface area contributed by atoms with Crippen LogP contribution in [-0.4, -0.2) is 31.8 Å². The van der Waals surface area contributed by atoms with E-state index in [0.717, 1.165) is 43.9 Å². The summed E-state index contributed by atoms with van der Waals surface area (Å²) in [7, 11) is 0. The van der Waals surface area contributed by atoms with Crippen molar-refractivity contribution < 1.29 is 4.74 Å². The minimum absolute atomic E-state index is 0.0992. The van der Waals surface area contributed by atoms with Crippen LogP contribution in [0.3, 0.4) is 0 Å². The molecule has 1 heterocycles. The van der Waals surface area contributed by atoms with E-state index in [-0.39, 0.29) is 5.54 Å². The Bertz CT molecular complexity index is 230. The van der Waals surface area contributed by atoms with E-state index in [4.69, 9.17) is 10.5 Å². The van der Waals surface area contributed by atoms with Crippen molar-refractivity contribution in [1.29, 1.82) is 0 Å². The van der Waals surface area contributed by atoms with Crippen LogP contribution in [0, 0.1) is 17.8 Å². The lowest BCUT2D eigenvalue weighted by Gasteiger charge is -2.30. The monoisotopic (exact) mass is 224 g/mol. The lowest BCUT2D eigenvalue weighted by atomic mass is 9.94. The molecule has 0 amide bonds. The van der Waals surface area contributed by atoms with E-state index in [2.05, 4.69) is 5.32 Å². The third-order valence-corrected chi connectivity index (χ3v) is 4.66. The summed E-state index contributed by atoms with van der Waals surface area (Å²) in [6.07, 6.45) is 6.96. The van der Waals surface area contributed by atoms with Crippen molar-refractivity contribution in [2.24, 2.45) is 23.5 Å². The van der Waals surface area contributed by atoms with Crippen molar-refractivity contribution in [3.8, 4) is 0 Å². The summed E-state index contributed by atoms with van der Waals surface area (Å²) in [5, 5.41) is 3.74. The average Bonchev–Trinajstić information content (AvgIpc) is 3.21. The van der Waals surface area contributed by atoms with Crippen LogP contribution in [0.25, 0.3) is 0 Å². The zero-order valence-corrected chi connectivity index (χ0v) is 10.1. The lowest BCUT2D eigenvalue weighted by molar-refractivity contribution is 0.164. The maximum absolute atomic E-state index is 5.90. The number of nitrogens with two attached hydrogens (primary N) is 1. The summed E-state index contributed by atoms with van der Waals surface area (Å²) in [5.41, 5.74) is 6.00. The van der Waals surface area contributed by atoms with E-state index in [1.54, 1.807) is 0 Å². The molecule has 92 valence electrons. The molecule has 2 aliphatic carbocycles. The summed E-state index contributed by atoms with van der Waals surface area (Å²) in [6.45, 7) is 3.58. The lowest BCUT2D eigenvalue weighted by Crippen LogP contribution is -2.53. The zero-order chi connectivity index (χ0) is 11.0. The molecule has 0 aromatic heterocycles. The standard InChI is InChI=1S/C13H24N2O/c14-8-13(5-6-16-9-13)15-7-12(10-1-2-10)11-3-4-11/h10-12,15H,1-9,14H2. The third-order valence-electron chi connectivity index (χ3n) is 4.66. The summed E-state index contributed by atoms with van der Waals surface area (Å²) >= 11 is 0.